The van der Waals surface area contributed by atoms with E-state index < -0.39 is 10.8 Å². The lowest BCUT2D eigenvalue weighted by Crippen LogP contribution is -2.34. The van der Waals surface area contributed by atoms with Crippen molar-refractivity contribution in [2.75, 3.05) is 19.6 Å². The molecular weight excluding hydrogens is 360 g/mol. The molecule has 0 amide bonds. The van der Waals surface area contributed by atoms with E-state index in [4.69, 9.17) is 4.74 Å². The average Bonchev–Trinajstić information content (AvgIpc) is 2.95. The lowest BCUT2D eigenvalue weighted by Gasteiger charge is -2.37. The van der Waals surface area contributed by atoms with E-state index in [1.54, 1.807) is 0 Å². The lowest BCUT2D eigenvalue weighted by atomic mass is 10.0. The van der Waals surface area contributed by atoms with E-state index in [-0.39, 0.29) is 6.10 Å². The largest absolute Gasteiger partial charge is 0.489 e. The minimum absolute atomic E-state index is 0.236. The predicted molar refractivity (Wildman–Crippen MR) is 109 cm³/mol. The maximum atomic E-state index is 10.5. The van der Waals surface area contributed by atoms with Crippen LogP contribution >= 0.6 is 10.8 Å². The number of unbranched alkanes of at least 4 members (excludes halogenated alkanes) is 1. The van der Waals surface area contributed by atoms with Gasteiger partial charge in [0, 0.05) is 19.6 Å². The number of rotatable bonds is 7. The standard InChI is InChI=1S/C21H28N2O3S/c24-27(25)21-10-4-2-8-18(21)16-23(27)14-6-5-13-22-15-19-12-11-17-7-1-3-9-20(17)26-19/h1-4,7-10,19,22,24-25H,5-6,11-16H2. The quantitative estimate of drug-likeness (QED) is 0.618. The Morgan fingerprint density at radius 2 is 1.81 bits per heavy atom. The van der Waals surface area contributed by atoms with Crippen LogP contribution < -0.4 is 10.1 Å². The Morgan fingerprint density at radius 3 is 2.67 bits per heavy atom. The molecule has 3 N–H and O–H groups in total. The summed E-state index contributed by atoms with van der Waals surface area (Å²) in [5, 5.41) is 3.49. The molecule has 1 unspecified atom stereocenters. The number of hydrogen-bond acceptors (Lipinski definition) is 5. The van der Waals surface area contributed by atoms with Crippen molar-refractivity contribution >= 4 is 10.8 Å². The fraction of sp³-hybridized carbons (Fsp3) is 0.429. The van der Waals surface area contributed by atoms with Crippen LogP contribution in [0.15, 0.2) is 53.4 Å². The number of para-hydroxylation sites is 1. The number of nitrogens with zero attached hydrogens (tertiary/aromatic N) is 1. The molecule has 0 bridgehead atoms. The first-order valence-corrected chi connectivity index (χ1v) is 11.2. The predicted octanol–water partition coefficient (Wildman–Crippen LogP) is 4.29. The van der Waals surface area contributed by atoms with Gasteiger partial charge in [-0.3, -0.25) is 9.11 Å². The summed E-state index contributed by atoms with van der Waals surface area (Å²) in [5.74, 6) is 1.02. The molecule has 0 radical (unpaired) electrons. The van der Waals surface area contributed by atoms with Crippen molar-refractivity contribution in [2.45, 2.75) is 43.2 Å². The van der Waals surface area contributed by atoms with Crippen LogP contribution in [0.2, 0.25) is 0 Å². The van der Waals surface area contributed by atoms with E-state index in [0.717, 1.165) is 50.1 Å². The summed E-state index contributed by atoms with van der Waals surface area (Å²) >= 11 is 0. The van der Waals surface area contributed by atoms with Gasteiger partial charge in [0.1, 0.15) is 11.9 Å². The van der Waals surface area contributed by atoms with Crippen molar-refractivity contribution in [1.82, 2.24) is 9.62 Å². The Labute approximate surface area is 162 Å². The highest BCUT2D eigenvalue weighted by Gasteiger charge is 2.33. The van der Waals surface area contributed by atoms with Crippen LogP contribution in [-0.4, -0.2) is 39.1 Å². The van der Waals surface area contributed by atoms with Crippen molar-refractivity contribution in [1.29, 1.82) is 0 Å². The van der Waals surface area contributed by atoms with Crippen LogP contribution in [0, 0.1) is 0 Å². The summed E-state index contributed by atoms with van der Waals surface area (Å²) in [6, 6.07) is 15.9. The highest BCUT2D eigenvalue weighted by Crippen LogP contribution is 2.58. The van der Waals surface area contributed by atoms with Crippen molar-refractivity contribution in [3.8, 4) is 5.75 Å². The van der Waals surface area contributed by atoms with E-state index in [0.29, 0.717) is 18.0 Å². The Kier molecular flexibility index (Phi) is 5.71. The van der Waals surface area contributed by atoms with E-state index in [1.807, 2.05) is 40.7 Å². The average molecular weight is 389 g/mol. The minimum atomic E-state index is -2.79. The van der Waals surface area contributed by atoms with Gasteiger partial charge in [0.05, 0.1) is 4.90 Å². The molecule has 0 saturated carbocycles. The van der Waals surface area contributed by atoms with Gasteiger partial charge in [-0.1, -0.05) is 36.4 Å². The molecule has 0 aromatic heterocycles. The zero-order valence-electron chi connectivity index (χ0n) is 15.5. The van der Waals surface area contributed by atoms with Gasteiger partial charge in [0.25, 0.3) is 0 Å². The molecule has 0 fully saturated rings. The molecule has 146 valence electrons. The second kappa shape index (κ2) is 8.20. The van der Waals surface area contributed by atoms with Gasteiger partial charge in [-0.05, 0) is 55.5 Å². The third kappa shape index (κ3) is 4.15. The van der Waals surface area contributed by atoms with Crippen molar-refractivity contribution in [2.24, 2.45) is 0 Å². The van der Waals surface area contributed by atoms with Crippen molar-refractivity contribution in [3.05, 3.63) is 59.7 Å². The molecule has 2 aromatic rings. The molecule has 2 aromatic carbocycles. The summed E-state index contributed by atoms with van der Waals surface area (Å²) in [5.41, 5.74) is 2.34. The molecule has 2 aliphatic heterocycles. The van der Waals surface area contributed by atoms with Crippen LogP contribution in [0.25, 0.3) is 0 Å². The fourth-order valence-electron chi connectivity index (χ4n) is 3.85. The topological polar surface area (TPSA) is 65.0 Å². The van der Waals surface area contributed by atoms with Gasteiger partial charge in [0.15, 0.2) is 0 Å². The maximum absolute atomic E-state index is 10.5. The van der Waals surface area contributed by atoms with Gasteiger partial charge >= 0.3 is 0 Å². The first-order chi connectivity index (χ1) is 13.1. The molecule has 0 spiro atoms. The molecule has 6 heteroatoms. The number of benzene rings is 2. The van der Waals surface area contributed by atoms with E-state index >= 15 is 0 Å². The van der Waals surface area contributed by atoms with Crippen LogP contribution in [0.5, 0.6) is 5.75 Å². The summed E-state index contributed by atoms with van der Waals surface area (Å²) in [6.45, 7) is 3.10. The number of aryl methyl sites for hydroxylation is 1. The summed E-state index contributed by atoms with van der Waals surface area (Å²) in [6.07, 6.45) is 4.31. The number of nitrogens with one attached hydrogen (secondary N) is 1. The van der Waals surface area contributed by atoms with Crippen LogP contribution in [-0.2, 0) is 13.0 Å². The third-order valence-electron chi connectivity index (χ3n) is 5.36. The van der Waals surface area contributed by atoms with Gasteiger partial charge in [-0.2, -0.15) is 4.31 Å². The number of fused-ring (bicyclic) bond motifs is 2. The second-order valence-electron chi connectivity index (χ2n) is 7.29. The first-order valence-electron chi connectivity index (χ1n) is 9.71. The molecule has 0 aliphatic carbocycles. The van der Waals surface area contributed by atoms with Crippen molar-refractivity contribution < 1.29 is 13.8 Å². The normalized spacial score (nSPS) is 21.9. The third-order valence-corrected chi connectivity index (χ3v) is 7.38. The van der Waals surface area contributed by atoms with Gasteiger partial charge in [-0.25, -0.2) is 0 Å². The minimum Gasteiger partial charge on any atom is -0.489 e. The SMILES string of the molecule is OS1(O)c2ccccc2CN1CCCCNCC1CCc2ccccc2O1. The van der Waals surface area contributed by atoms with E-state index in [1.165, 1.54) is 5.56 Å². The Bertz CT molecular complexity index is 784. The number of hydrogen-bond donors (Lipinski definition) is 3. The molecule has 4 rings (SSSR count). The van der Waals surface area contributed by atoms with Gasteiger partial charge < -0.3 is 10.1 Å². The zero-order valence-corrected chi connectivity index (χ0v) is 16.3. The summed E-state index contributed by atoms with van der Waals surface area (Å²) < 4.78 is 28.9. The highest BCUT2D eigenvalue weighted by atomic mass is 32.3. The molecule has 5 nitrogen and oxygen atoms in total. The lowest BCUT2D eigenvalue weighted by molar-refractivity contribution is 0.170. The molecule has 0 saturated heterocycles. The van der Waals surface area contributed by atoms with E-state index in [2.05, 4.69) is 17.4 Å². The van der Waals surface area contributed by atoms with Crippen LogP contribution in [0.1, 0.15) is 30.4 Å². The summed E-state index contributed by atoms with van der Waals surface area (Å²) in [4.78, 5) is 0.692. The smallest absolute Gasteiger partial charge is 0.122 e. The molecule has 2 heterocycles. The Balaban J connectivity index is 1.15. The first kappa shape index (κ1) is 18.8. The molecule has 2 aliphatic rings. The molecular formula is C21H28N2O3S. The Morgan fingerprint density at radius 1 is 1.04 bits per heavy atom. The van der Waals surface area contributed by atoms with Gasteiger partial charge in [-0.15, -0.1) is 10.8 Å². The number of ether oxygens (including phenoxy) is 1. The zero-order chi connectivity index (χ0) is 18.7. The van der Waals surface area contributed by atoms with Crippen LogP contribution in [0.3, 0.4) is 0 Å². The maximum Gasteiger partial charge on any atom is 0.122 e. The van der Waals surface area contributed by atoms with Crippen molar-refractivity contribution in [3.63, 3.8) is 0 Å². The Hall–Kier alpha value is -1.57. The molecule has 1 atom stereocenters. The fourth-order valence-corrected chi connectivity index (χ4v) is 5.58. The van der Waals surface area contributed by atoms with Crippen LogP contribution in [0.4, 0.5) is 0 Å². The van der Waals surface area contributed by atoms with Gasteiger partial charge in [0.2, 0.25) is 0 Å². The second-order valence-corrected chi connectivity index (χ2v) is 9.28. The monoisotopic (exact) mass is 388 g/mol. The molecule has 27 heavy (non-hydrogen) atoms. The highest BCUT2D eigenvalue weighted by molar-refractivity contribution is 8.22. The van der Waals surface area contributed by atoms with E-state index in [9.17, 15) is 9.11 Å². The summed E-state index contributed by atoms with van der Waals surface area (Å²) in [7, 11) is -2.79.